The maximum atomic E-state index is 13.2. The van der Waals surface area contributed by atoms with Crippen molar-refractivity contribution in [2.45, 2.75) is 31.2 Å². The van der Waals surface area contributed by atoms with Crippen molar-refractivity contribution >= 4 is 11.9 Å². The lowest BCUT2D eigenvalue weighted by Crippen LogP contribution is -2.41. The van der Waals surface area contributed by atoms with Crippen molar-refractivity contribution in [3.05, 3.63) is 35.4 Å². The van der Waals surface area contributed by atoms with E-state index in [0.717, 1.165) is 12.1 Å². The van der Waals surface area contributed by atoms with Crippen LogP contribution in [-0.2, 0) is 9.59 Å². The van der Waals surface area contributed by atoms with Crippen LogP contribution >= 0.6 is 0 Å². The molecule has 6 heteroatoms. The molecule has 0 bridgehead atoms. The summed E-state index contributed by atoms with van der Waals surface area (Å²) in [6.45, 7) is 0.455. The Kier molecular flexibility index (Phi) is 3.39. The van der Waals surface area contributed by atoms with Crippen molar-refractivity contribution in [2.75, 3.05) is 6.54 Å². The SMILES string of the molecule is O=C(O)[C@H]1CCCN1C(=O)[C@@H]1C[C@@H]1c1ccc(F)c(F)c1. The Morgan fingerprint density at radius 1 is 1.24 bits per heavy atom. The van der Waals surface area contributed by atoms with Crippen molar-refractivity contribution in [2.24, 2.45) is 5.92 Å². The number of aliphatic carboxylic acids is 1. The van der Waals surface area contributed by atoms with E-state index in [2.05, 4.69) is 0 Å². The number of carboxylic acid groups (broad SMARTS) is 1. The minimum absolute atomic E-state index is 0.136. The number of carboxylic acids is 1. The molecule has 1 N–H and O–H groups in total. The van der Waals surface area contributed by atoms with E-state index in [1.807, 2.05) is 0 Å². The third-order valence-corrected chi connectivity index (χ3v) is 4.30. The normalized spacial score (nSPS) is 27.7. The number of rotatable bonds is 3. The van der Waals surface area contributed by atoms with Gasteiger partial charge in [-0.1, -0.05) is 6.07 Å². The second kappa shape index (κ2) is 5.09. The Hall–Kier alpha value is -1.98. The summed E-state index contributed by atoms with van der Waals surface area (Å²) >= 11 is 0. The number of likely N-dealkylation sites (tertiary alicyclic amines) is 1. The van der Waals surface area contributed by atoms with Gasteiger partial charge < -0.3 is 10.0 Å². The second-order valence-electron chi connectivity index (χ2n) is 5.65. The Morgan fingerprint density at radius 3 is 2.67 bits per heavy atom. The Labute approximate surface area is 120 Å². The third-order valence-electron chi connectivity index (χ3n) is 4.30. The molecule has 0 radical (unpaired) electrons. The maximum Gasteiger partial charge on any atom is 0.326 e. The second-order valence-corrected chi connectivity index (χ2v) is 5.65. The lowest BCUT2D eigenvalue weighted by Gasteiger charge is -2.21. The van der Waals surface area contributed by atoms with Gasteiger partial charge in [-0.15, -0.1) is 0 Å². The predicted octanol–water partition coefficient (Wildman–Crippen LogP) is 2.14. The van der Waals surface area contributed by atoms with Gasteiger partial charge in [0, 0.05) is 12.5 Å². The fraction of sp³-hybridized carbons (Fsp3) is 0.467. The first-order valence-corrected chi connectivity index (χ1v) is 6.97. The van der Waals surface area contributed by atoms with Gasteiger partial charge >= 0.3 is 5.97 Å². The van der Waals surface area contributed by atoms with Crippen LogP contribution in [0.4, 0.5) is 8.78 Å². The standard InChI is InChI=1S/C15H15F2NO3/c16-11-4-3-8(6-12(11)17)9-7-10(9)14(19)18-5-1-2-13(18)15(20)21/h3-4,6,9-10,13H,1-2,5,7H2,(H,20,21)/t9-,10-,13-/m1/s1. The van der Waals surface area contributed by atoms with Gasteiger partial charge in [-0.05, 0) is 42.9 Å². The van der Waals surface area contributed by atoms with Crippen molar-refractivity contribution in [3.8, 4) is 0 Å². The smallest absolute Gasteiger partial charge is 0.326 e. The number of halogens is 2. The molecule has 2 fully saturated rings. The van der Waals surface area contributed by atoms with Gasteiger partial charge in [-0.25, -0.2) is 13.6 Å². The molecule has 112 valence electrons. The van der Waals surface area contributed by atoms with Crippen molar-refractivity contribution < 1.29 is 23.5 Å². The van der Waals surface area contributed by atoms with Crippen molar-refractivity contribution in [1.29, 1.82) is 0 Å². The lowest BCUT2D eigenvalue weighted by molar-refractivity contribution is -0.148. The van der Waals surface area contributed by atoms with Crippen LogP contribution in [0, 0.1) is 17.6 Å². The molecular formula is C15H15F2NO3. The summed E-state index contributed by atoms with van der Waals surface area (Å²) in [5.41, 5.74) is 0.596. The first-order valence-electron chi connectivity index (χ1n) is 6.97. The van der Waals surface area contributed by atoms with Crippen LogP contribution in [-0.4, -0.2) is 34.5 Å². The van der Waals surface area contributed by atoms with Gasteiger partial charge in [-0.2, -0.15) is 0 Å². The quantitative estimate of drug-likeness (QED) is 0.929. The number of carbonyl (C=O) groups is 2. The summed E-state index contributed by atoms with van der Waals surface area (Å²) in [7, 11) is 0. The van der Waals surface area contributed by atoms with Gasteiger partial charge in [0.15, 0.2) is 11.6 Å². The van der Waals surface area contributed by atoms with E-state index in [1.165, 1.54) is 11.0 Å². The molecule has 3 rings (SSSR count). The molecule has 1 aliphatic heterocycles. The van der Waals surface area contributed by atoms with E-state index in [4.69, 9.17) is 5.11 Å². The Bertz CT molecular complexity index is 605. The fourth-order valence-electron chi connectivity index (χ4n) is 3.08. The minimum atomic E-state index is -0.981. The Morgan fingerprint density at radius 2 is 2.00 bits per heavy atom. The zero-order valence-corrected chi connectivity index (χ0v) is 11.3. The molecule has 1 saturated carbocycles. The zero-order chi connectivity index (χ0) is 15.1. The molecule has 4 nitrogen and oxygen atoms in total. The maximum absolute atomic E-state index is 13.2. The average molecular weight is 295 g/mol. The van der Waals surface area contributed by atoms with E-state index in [9.17, 15) is 18.4 Å². The molecule has 1 amide bonds. The van der Waals surface area contributed by atoms with Crippen LogP contribution < -0.4 is 0 Å². The highest BCUT2D eigenvalue weighted by atomic mass is 19.2. The molecule has 0 spiro atoms. The van der Waals surface area contributed by atoms with Crippen LogP contribution in [0.1, 0.15) is 30.7 Å². The number of carbonyl (C=O) groups excluding carboxylic acids is 1. The highest BCUT2D eigenvalue weighted by Crippen LogP contribution is 2.49. The summed E-state index contributed by atoms with van der Waals surface area (Å²) < 4.78 is 26.1. The zero-order valence-electron chi connectivity index (χ0n) is 11.3. The number of hydrogen-bond donors (Lipinski definition) is 1. The van der Waals surface area contributed by atoms with Crippen LogP contribution in [0.15, 0.2) is 18.2 Å². The highest BCUT2D eigenvalue weighted by molar-refractivity contribution is 5.88. The summed E-state index contributed by atoms with van der Waals surface area (Å²) in [5, 5.41) is 9.10. The minimum Gasteiger partial charge on any atom is -0.480 e. The van der Waals surface area contributed by atoms with Crippen molar-refractivity contribution in [1.82, 2.24) is 4.90 Å². The van der Waals surface area contributed by atoms with Gasteiger partial charge in [0.1, 0.15) is 6.04 Å². The van der Waals surface area contributed by atoms with Crippen LogP contribution in [0.3, 0.4) is 0 Å². The number of hydrogen-bond acceptors (Lipinski definition) is 2. The predicted molar refractivity (Wildman–Crippen MR) is 69.6 cm³/mol. The molecule has 0 unspecified atom stereocenters. The fourth-order valence-corrected chi connectivity index (χ4v) is 3.08. The summed E-state index contributed by atoms with van der Waals surface area (Å²) in [5.74, 6) is -3.44. The molecule has 0 aromatic heterocycles. The highest BCUT2D eigenvalue weighted by Gasteiger charge is 2.48. The first-order chi connectivity index (χ1) is 9.99. The van der Waals surface area contributed by atoms with Crippen LogP contribution in [0.2, 0.25) is 0 Å². The summed E-state index contributed by atoms with van der Waals surface area (Å²) in [6, 6.07) is 2.91. The molecule has 3 atom stereocenters. The molecule has 21 heavy (non-hydrogen) atoms. The molecule has 1 heterocycles. The van der Waals surface area contributed by atoms with E-state index in [-0.39, 0.29) is 17.7 Å². The molecule has 2 aliphatic rings. The van der Waals surface area contributed by atoms with E-state index >= 15 is 0 Å². The molecular weight excluding hydrogens is 280 g/mol. The topological polar surface area (TPSA) is 57.6 Å². The lowest BCUT2D eigenvalue weighted by atomic mass is 10.1. The number of nitrogens with zero attached hydrogens (tertiary/aromatic N) is 1. The number of amides is 1. The van der Waals surface area contributed by atoms with E-state index < -0.39 is 23.6 Å². The van der Waals surface area contributed by atoms with Crippen LogP contribution in [0.25, 0.3) is 0 Å². The average Bonchev–Trinajstić information content (AvgIpc) is 3.08. The molecule has 1 aromatic carbocycles. The third kappa shape index (κ3) is 2.50. The summed E-state index contributed by atoms with van der Waals surface area (Å²) in [6.07, 6.45) is 1.72. The van der Waals surface area contributed by atoms with Gasteiger partial charge in [-0.3, -0.25) is 4.79 Å². The first kappa shape index (κ1) is 14.0. The molecule has 1 saturated heterocycles. The van der Waals surface area contributed by atoms with E-state index in [1.54, 1.807) is 0 Å². The van der Waals surface area contributed by atoms with Gasteiger partial charge in [0.2, 0.25) is 5.91 Å². The summed E-state index contributed by atoms with van der Waals surface area (Å²) in [4.78, 5) is 24.9. The number of benzene rings is 1. The molecule has 1 aliphatic carbocycles. The van der Waals surface area contributed by atoms with Gasteiger partial charge in [0.05, 0.1) is 0 Å². The van der Waals surface area contributed by atoms with E-state index in [0.29, 0.717) is 31.4 Å². The Balaban J connectivity index is 1.71. The largest absolute Gasteiger partial charge is 0.480 e. The van der Waals surface area contributed by atoms with Gasteiger partial charge in [0.25, 0.3) is 0 Å². The monoisotopic (exact) mass is 295 g/mol. The molecule has 1 aromatic rings. The van der Waals surface area contributed by atoms with Crippen LogP contribution in [0.5, 0.6) is 0 Å². The van der Waals surface area contributed by atoms with Crippen molar-refractivity contribution in [3.63, 3.8) is 0 Å².